The quantitative estimate of drug-likeness (QED) is 0.594. The fraction of sp³-hybridized carbons (Fsp3) is 0.455. The van der Waals surface area contributed by atoms with Crippen molar-refractivity contribution in [3.63, 3.8) is 0 Å². The van der Waals surface area contributed by atoms with Crippen molar-refractivity contribution in [2.75, 3.05) is 40.4 Å². The summed E-state index contributed by atoms with van der Waals surface area (Å²) in [4.78, 5) is 2.62. The summed E-state index contributed by atoms with van der Waals surface area (Å²) in [5, 5.41) is 0. The fourth-order valence-electron chi connectivity index (χ4n) is 3.36. The van der Waals surface area contributed by atoms with Crippen LogP contribution in [0.15, 0.2) is 59.5 Å². The summed E-state index contributed by atoms with van der Waals surface area (Å²) in [7, 11) is -0.374. The van der Waals surface area contributed by atoms with Crippen molar-refractivity contribution in [1.29, 1.82) is 0 Å². The Bertz CT molecular complexity index is 848. The second-order valence-electron chi connectivity index (χ2n) is 7.46. The number of rotatable bonds is 10. The van der Waals surface area contributed by atoms with Gasteiger partial charge < -0.3 is 9.47 Å². The van der Waals surface area contributed by atoms with Gasteiger partial charge in [0.15, 0.2) is 0 Å². The molecule has 0 aromatic heterocycles. The van der Waals surface area contributed by atoms with Gasteiger partial charge in [-0.15, -0.1) is 0 Å². The van der Waals surface area contributed by atoms with Crippen molar-refractivity contribution in [2.24, 2.45) is 0 Å². The molecule has 0 spiro atoms. The first-order valence-corrected chi connectivity index (χ1v) is 11.4. The third-order valence-corrected chi connectivity index (χ3v) is 6.84. The first-order valence-electron chi connectivity index (χ1n) is 9.98. The molecule has 2 aromatic rings. The Morgan fingerprint density at radius 2 is 1.79 bits per heavy atom. The van der Waals surface area contributed by atoms with Crippen LogP contribution in [0.4, 0.5) is 0 Å². The van der Waals surface area contributed by atoms with Gasteiger partial charge >= 0.3 is 0 Å². The number of hydrogen-bond acceptors (Lipinski definition) is 5. The molecular formula is C22H30N2O4S. The smallest absolute Gasteiger partial charge is 0.242 e. The molecule has 0 N–H and O–H groups in total. The van der Waals surface area contributed by atoms with Gasteiger partial charge in [0.1, 0.15) is 12.4 Å². The van der Waals surface area contributed by atoms with E-state index in [9.17, 15) is 8.42 Å². The lowest BCUT2D eigenvalue weighted by molar-refractivity contribution is 0.0654. The topological polar surface area (TPSA) is 59.1 Å². The molecular weight excluding hydrogens is 388 g/mol. The van der Waals surface area contributed by atoms with Crippen molar-refractivity contribution in [3.05, 3.63) is 60.2 Å². The van der Waals surface area contributed by atoms with Gasteiger partial charge in [0.2, 0.25) is 10.0 Å². The minimum Gasteiger partial charge on any atom is -0.492 e. The largest absolute Gasteiger partial charge is 0.492 e. The van der Waals surface area contributed by atoms with E-state index in [0.717, 1.165) is 39.1 Å². The highest BCUT2D eigenvalue weighted by Gasteiger charge is 2.20. The molecule has 7 heteroatoms. The van der Waals surface area contributed by atoms with Gasteiger partial charge in [-0.1, -0.05) is 30.3 Å². The minimum absolute atomic E-state index is 0.263. The molecule has 0 saturated carbocycles. The first kappa shape index (κ1) is 21.8. The molecule has 1 fully saturated rings. The normalized spacial score (nSPS) is 17.2. The van der Waals surface area contributed by atoms with Gasteiger partial charge in [0, 0.05) is 40.3 Å². The monoisotopic (exact) mass is 418 g/mol. The molecule has 1 atom stereocenters. The predicted molar refractivity (Wildman–Crippen MR) is 114 cm³/mol. The molecule has 1 unspecified atom stereocenters. The Morgan fingerprint density at radius 1 is 1.07 bits per heavy atom. The minimum atomic E-state index is -3.42. The van der Waals surface area contributed by atoms with Gasteiger partial charge in [-0.2, -0.15) is 0 Å². The lowest BCUT2D eigenvalue weighted by atomic mass is 10.2. The molecule has 2 aromatic carbocycles. The summed E-state index contributed by atoms with van der Waals surface area (Å²) in [6.45, 7) is 3.89. The molecule has 1 aliphatic heterocycles. The lowest BCUT2D eigenvalue weighted by Gasteiger charge is -2.25. The van der Waals surface area contributed by atoms with Crippen LogP contribution in [-0.4, -0.2) is 64.1 Å². The number of benzene rings is 2. The highest BCUT2D eigenvalue weighted by atomic mass is 32.2. The fourth-order valence-corrected chi connectivity index (χ4v) is 4.27. The highest BCUT2D eigenvalue weighted by molar-refractivity contribution is 7.89. The molecule has 3 rings (SSSR count). The van der Waals surface area contributed by atoms with Gasteiger partial charge in [-0.05, 0) is 42.7 Å². The number of ether oxygens (including phenoxy) is 2. The Hall–Kier alpha value is -1.93. The number of nitrogens with zero attached hydrogens (tertiary/aromatic N) is 2. The van der Waals surface area contributed by atoms with Crippen LogP contribution in [0.1, 0.15) is 18.4 Å². The summed E-state index contributed by atoms with van der Waals surface area (Å²) < 4.78 is 37.2. The highest BCUT2D eigenvalue weighted by Crippen LogP contribution is 2.19. The van der Waals surface area contributed by atoms with E-state index < -0.39 is 10.0 Å². The summed E-state index contributed by atoms with van der Waals surface area (Å²) in [6, 6.07) is 17.0. The van der Waals surface area contributed by atoms with Crippen LogP contribution in [0.5, 0.6) is 5.75 Å². The second-order valence-corrected chi connectivity index (χ2v) is 9.61. The number of sulfonamides is 1. The lowest BCUT2D eigenvalue weighted by Crippen LogP contribution is -2.34. The molecule has 0 bridgehead atoms. The third kappa shape index (κ3) is 6.27. The molecule has 29 heavy (non-hydrogen) atoms. The summed E-state index contributed by atoms with van der Waals surface area (Å²) in [6.07, 6.45) is 2.52. The average Bonchev–Trinajstić information content (AvgIpc) is 3.22. The van der Waals surface area contributed by atoms with Crippen LogP contribution in [-0.2, 0) is 21.3 Å². The van der Waals surface area contributed by atoms with Crippen molar-refractivity contribution in [2.45, 2.75) is 30.4 Å². The number of hydrogen-bond donors (Lipinski definition) is 0. The van der Waals surface area contributed by atoms with Crippen LogP contribution in [0.2, 0.25) is 0 Å². The molecule has 0 radical (unpaired) electrons. The van der Waals surface area contributed by atoms with E-state index in [1.165, 1.54) is 24.0 Å². The molecule has 1 aliphatic rings. The average molecular weight is 419 g/mol. The zero-order valence-electron chi connectivity index (χ0n) is 17.2. The maximum atomic E-state index is 12.2. The molecule has 158 valence electrons. The van der Waals surface area contributed by atoms with Gasteiger partial charge in [0.25, 0.3) is 0 Å². The predicted octanol–water partition coefficient (Wildman–Crippen LogP) is 3.00. The zero-order chi connectivity index (χ0) is 20.7. The molecule has 0 amide bonds. The van der Waals surface area contributed by atoms with Crippen LogP contribution in [0.3, 0.4) is 0 Å². The standard InChI is InChI=1S/C22H30N2O4S/c1-23(2)29(25,26)22-12-10-20(11-13-22)28-16-14-24(18-21-9-6-15-27-21)17-19-7-4-3-5-8-19/h3-5,7-8,10-13,21H,6,9,14-18H2,1-2H3. The molecule has 1 saturated heterocycles. The Balaban J connectivity index is 1.56. The van der Waals surface area contributed by atoms with Gasteiger partial charge in [-0.3, -0.25) is 4.90 Å². The Labute approximate surface area is 174 Å². The van der Waals surface area contributed by atoms with Gasteiger partial charge in [0.05, 0.1) is 11.0 Å². The summed E-state index contributed by atoms with van der Waals surface area (Å²) in [5.41, 5.74) is 1.27. The zero-order valence-corrected chi connectivity index (χ0v) is 18.0. The SMILES string of the molecule is CN(C)S(=O)(=O)c1ccc(OCCN(Cc2ccccc2)CC2CCCO2)cc1. The molecule has 1 heterocycles. The summed E-state index contributed by atoms with van der Waals surface area (Å²) >= 11 is 0. The maximum Gasteiger partial charge on any atom is 0.242 e. The second kappa shape index (κ2) is 10.2. The van der Waals surface area contributed by atoms with Crippen molar-refractivity contribution in [1.82, 2.24) is 9.21 Å². The van der Waals surface area contributed by atoms with E-state index in [4.69, 9.17) is 9.47 Å². The van der Waals surface area contributed by atoms with Crippen molar-refractivity contribution < 1.29 is 17.9 Å². The van der Waals surface area contributed by atoms with E-state index in [1.807, 2.05) is 6.07 Å². The van der Waals surface area contributed by atoms with Crippen LogP contribution >= 0.6 is 0 Å². The summed E-state index contributed by atoms with van der Waals surface area (Å²) in [5.74, 6) is 0.666. The first-order chi connectivity index (χ1) is 13.9. The maximum absolute atomic E-state index is 12.2. The van der Waals surface area contributed by atoms with Crippen LogP contribution in [0, 0.1) is 0 Å². The Morgan fingerprint density at radius 3 is 2.41 bits per heavy atom. The van der Waals surface area contributed by atoms with Crippen LogP contribution < -0.4 is 4.74 Å². The third-order valence-electron chi connectivity index (χ3n) is 5.01. The van der Waals surface area contributed by atoms with Crippen LogP contribution in [0.25, 0.3) is 0 Å². The van der Waals surface area contributed by atoms with E-state index >= 15 is 0 Å². The molecule has 6 nitrogen and oxygen atoms in total. The van der Waals surface area contributed by atoms with E-state index in [-0.39, 0.29) is 11.0 Å². The van der Waals surface area contributed by atoms with E-state index in [0.29, 0.717) is 12.4 Å². The Kier molecular flexibility index (Phi) is 7.66. The van der Waals surface area contributed by atoms with Crippen molar-refractivity contribution in [3.8, 4) is 5.75 Å². The van der Waals surface area contributed by atoms with E-state index in [1.54, 1.807) is 24.3 Å². The molecule has 0 aliphatic carbocycles. The van der Waals surface area contributed by atoms with Crippen molar-refractivity contribution >= 4 is 10.0 Å². The van der Waals surface area contributed by atoms with E-state index in [2.05, 4.69) is 29.2 Å². The van der Waals surface area contributed by atoms with Gasteiger partial charge in [-0.25, -0.2) is 12.7 Å².